The zero-order valence-corrected chi connectivity index (χ0v) is 15.2. The fourth-order valence-electron chi connectivity index (χ4n) is 3.99. The Hall–Kier alpha value is -3.60. The molecule has 2 heterocycles. The van der Waals surface area contributed by atoms with Gasteiger partial charge in [0.15, 0.2) is 0 Å². The van der Waals surface area contributed by atoms with Crippen molar-refractivity contribution in [3.63, 3.8) is 0 Å². The van der Waals surface area contributed by atoms with Crippen LogP contribution >= 0.6 is 0 Å². The Labute approximate surface area is 162 Å². The van der Waals surface area contributed by atoms with Crippen LogP contribution in [0.15, 0.2) is 72.9 Å². The van der Waals surface area contributed by atoms with Gasteiger partial charge in [-0.25, -0.2) is 4.79 Å². The monoisotopic (exact) mass is 369 g/mol. The van der Waals surface area contributed by atoms with Gasteiger partial charge in [0.1, 0.15) is 6.04 Å². The van der Waals surface area contributed by atoms with E-state index in [9.17, 15) is 9.59 Å². The summed E-state index contributed by atoms with van der Waals surface area (Å²) in [5.41, 5.74) is 3.03. The van der Waals surface area contributed by atoms with E-state index in [1.807, 2.05) is 72.9 Å². The standard InChI is InChI=1S/C23H19N3O2/c27-22-21(12-17-13-24-20-11-4-3-10-19(17)20)25-23(28)26(22)14-16-8-5-7-15-6-1-2-9-18(15)16/h1-11,13,21,24H,12,14H2,(H,25,28)/t21-/m1/s1. The number of nitrogens with zero attached hydrogens (tertiary/aromatic N) is 1. The molecule has 1 aliphatic rings. The van der Waals surface area contributed by atoms with Gasteiger partial charge < -0.3 is 10.3 Å². The number of aromatic nitrogens is 1. The summed E-state index contributed by atoms with van der Waals surface area (Å²) >= 11 is 0. The molecule has 0 bridgehead atoms. The van der Waals surface area contributed by atoms with Crippen LogP contribution in [0.2, 0.25) is 0 Å². The third-order valence-corrected chi connectivity index (χ3v) is 5.41. The fraction of sp³-hybridized carbons (Fsp3) is 0.130. The highest BCUT2D eigenvalue weighted by Crippen LogP contribution is 2.24. The summed E-state index contributed by atoms with van der Waals surface area (Å²) in [5, 5.41) is 6.09. The molecule has 5 rings (SSSR count). The molecule has 1 saturated heterocycles. The minimum Gasteiger partial charge on any atom is -0.361 e. The maximum atomic E-state index is 13.0. The number of H-pyrrole nitrogens is 1. The molecule has 28 heavy (non-hydrogen) atoms. The first-order chi connectivity index (χ1) is 13.7. The van der Waals surface area contributed by atoms with Crippen molar-refractivity contribution in [2.75, 3.05) is 0 Å². The Morgan fingerprint density at radius 3 is 2.46 bits per heavy atom. The van der Waals surface area contributed by atoms with E-state index in [0.29, 0.717) is 6.42 Å². The quantitative estimate of drug-likeness (QED) is 0.534. The molecule has 0 unspecified atom stereocenters. The number of hydrogen-bond acceptors (Lipinski definition) is 2. The van der Waals surface area contributed by atoms with Crippen LogP contribution in [0.1, 0.15) is 11.1 Å². The SMILES string of the molecule is O=C1N[C@H](Cc2c[nH]c3ccccc23)C(=O)N1Cc1cccc2ccccc12. The second-order valence-corrected chi connectivity index (χ2v) is 7.13. The smallest absolute Gasteiger partial charge is 0.325 e. The molecule has 0 saturated carbocycles. The summed E-state index contributed by atoms with van der Waals surface area (Å²) in [6.07, 6.45) is 2.39. The summed E-state index contributed by atoms with van der Waals surface area (Å²) in [7, 11) is 0. The van der Waals surface area contributed by atoms with Crippen LogP contribution in [0.5, 0.6) is 0 Å². The molecule has 0 aliphatic carbocycles. The number of urea groups is 1. The first-order valence-electron chi connectivity index (χ1n) is 9.34. The van der Waals surface area contributed by atoms with Crippen molar-refractivity contribution < 1.29 is 9.59 Å². The second-order valence-electron chi connectivity index (χ2n) is 7.13. The molecule has 1 aromatic heterocycles. The lowest BCUT2D eigenvalue weighted by Gasteiger charge is -2.15. The number of nitrogens with one attached hydrogen (secondary N) is 2. The molecular weight excluding hydrogens is 350 g/mol. The lowest BCUT2D eigenvalue weighted by molar-refractivity contribution is -0.127. The molecule has 3 aromatic carbocycles. The maximum absolute atomic E-state index is 13.0. The number of aromatic amines is 1. The average molecular weight is 369 g/mol. The van der Waals surface area contributed by atoms with Crippen LogP contribution < -0.4 is 5.32 Å². The van der Waals surface area contributed by atoms with Gasteiger partial charge in [-0.05, 0) is 28.0 Å². The first-order valence-corrected chi connectivity index (χ1v) is 9.34. The zero-order chi connectivity index (χ0) is 19.1. The molecule has 1 fully saturated rings. The number of para-hydroxylation sites is 1. The lowest BCUT2D eigenvalue weighted by Crippen LogP contribution is -2.32. The average Bonchev–Trinajstić information content (AvgIpc) is 3.25. The van der Waals surface area contributed by atoms with Gasteiger partial charge in [0.2, 0.25) is 0 Å². The number of amides is 3. The number of carbonyl (C=O) groups excluding carboxylic acids is 2. The largest absolute Gasteiger partial charge is 0.361 e. The van der Waals surface area contributed by atoms with E-state index in [0.717, 1.165) is 32.8 Å². The highest BCUT2D eigenvalue weighted by molar-refractivity contribution is 6.04. The second kappa shape index (κ2) is 6.53. The van der Waals surface area contributed by atoms with Gasteiger partial charge in [-0.15, -0.1) is 0 Å². The minimum atomic E-state index is -0.540. The van der Waals surface area contributed by atoms with Crippen molar-refractivity contribution in [3.8, 4) is 0 Å². The number of benzene rings is 3. The predicted molar refractivity (Wildman–Crippen MR) is 109 cm³/mol. The number of carbonyl (C=O) groups is 2. The van der Waals surface area contributed by atoms with Crippen molar-refractivity contribution >= 4 is 33.6 Å². The number of rotatable bonds is 4. The van der Waals surface area contributed by atoms with Crippen molar-refractivity contribution in [1.29, 1.82) is 0 Å². The molecule has 2 N–H and O–H groups in total. The lowest BCUT2D eigenvalue weighted by atomic mass is 10.0. The van der Waals surface area contributed by atoms with Crippen molar-refractivity contribution in [2.45, 2.75) is 19.0 Å². The molecule has 0 spiro atoms. The van der Waals surface area contributed by atoms with Crippen molar-refractivity contribution in [2.24, 2.45) is 0 Å². The van der Waals surface area contributed by atoms with Crippen molar-refractivity contribution in [3.05, 3.63) is 84.1 Å². The van der Waals surface area contributed by atoms with Gasteiger partial charge in [0.25, 0.3) is 5.91 Å². The Morgan fingerprint density at radius 2 is 1.57 bits per heavy atom. The zero-order valence-electron chi connectivity index (χ0n) is 15.2. The summed E-state index contributed by atoms with van der Waals surface area (Å²) in [6, 6.07) is 21.1. The summed E-state index contributed by atoms with van der Waals surface area (Å²) in [6.45, 7) is 0.274. The molecule has 3 amide bonds. The number of hydrogen-bond donors (Lipinski definition) is 2. The summed E-state index contributed by atoms with van der Waals surface area (Å²) in [5.74, 6) is -0.178. The van der Waals surface area contributed by atoms with Crippen LogP contribution in [0.4, 0.5) is 4.79 Å². The first kappa shape index (κ1) is 16.6. The van der Waals surface area contributed by atoms with Crippen LogP contribution in [-0.4, -0.2) is 27.9 Å². The van der Waals surface area contributed by atoms with E-state index in [1.165, 1.54) is 4.90 Å². The van der Waals surface area contributed by atoms with Crippen LogP contribution in [-0.2, 0) is 17.8 Å². The molecule has 4 aromatic rings. The molecular formula is C23H19N3O2. The molecule has 138 valence electrons. The summed E-state index contributed by atoms with van der Waals surface area (Å²) < 4.78 is 0. The predicted octanol–water partition coefficient (Wildman–Crippen LogP) is 3.98. The normalized spacial score (nSPS) is 16.9. The Bertz CT molecular complexity index is 1210. The molecule has 5 nitrogen and oxygen atoms in total. The highest BCUT2D eigenvalue weighted by atomic mass is 16.2. The summed E-state index contributed by atoms with van der Waals surface area (Å²) in [4.78, 5) is 30.0. The van der Waals surface area contributed by atoms with Gasteiger partial charge in [-0.2, -0.15) is 0 Å². The number of fused-ring (bicyclic) bond motifs is 2. The molecule has 5 heteroatoms. The van der Waals surface area contributed by atoms with E-state index in [-0.39, 0.29) is 18.5 Å². The van der Waals surface area contributed by atoms with Gasteiger partial charge in [-0.3, -0.25) is 9.69 Å². The van der Waals surface area contributed by atoms with E-state index >= 15 is 0 Å². The van der Waals surface area contributed by atoms with E-state index < -0.39 is 6.04 Å². The maximum Gasteiger partial charge on any atom is 0.325 e. The third-order valence-electron chi connectivity index (χ3n) is 5.41. The van der Waals surface area contributed by atoms with Gasteiger partial charge >= 0.3 is 6.03 Å². The Kier molecular flexibility index (Phi) is 3.86. The van der Waals surface area contributed by atoms with E-state index in [1.54, 1.807) is 0 Å². The number of imide groups is 1. The molecule has 1 aliphatic heterocycles. The minimum absolute atomic E-state index is 0.178. The molecule has 0 radical (unpaired) electrons. The Morgan fingerprint density at radius 1 is 0.821 bits per heavy atom. The van der Waals surface area contributed by atoms with Crippen molar-refractivity contribution in [1.82, 2.24) is 15.2 Å². The fourth-order valence-corrected chi connectivity index (χ4v) is 3.99. The topological polar surface area (TPSA) is 65.2 Å². The van der Waals surface area contributed by atoms with E-state index in [2.05, 4.69) is 10.3 Å². The Balaban J connectivity index is 1.40. The van der Waals surface area contributed by atoms with Gasteiger partial charge in [0.05, 0.1) is 6.54 Å². The van der Waals surface area contributed by atoms with Gasteiger partial charge in [-0.1, -0.05) is 60.7 Å². The van der Waals surface area contributed by atoms with Crippen LogP contribution in [0.25, 0.3) is 21.7 Å². The third kappa shape index (κ3) is 2.72. The van der Waals surface area contributed by atoms with Crippen LogP contribution in [0, 0.1) is 0 Å². The van der Waals surface area contributed by atoms with Gasteiger partial charge in [0, 0.05) is 23.5 Å². The van der Waals surface area contributed by atoms with Crippen LogP contribution in [0.3, 0.4) is 0 Å². The highest BCUT2D eigenvalue weighted by Gasteiger charge is 2.38. The van der Waals surface area contributed by atoms with E-state index in [4.69, 9.17) is 0 Å². The molecule has 1 atom stereocenters.